The first-order chi connectivity index (χ1) is 9.65. The highest BCUT2D eigenvalue weighted by atomic mass is 16.1. The van der Waals surface area contributed by atoms with Crippen molar-refractivity contribution < 1.29 is 4.79 Å². The molecule has 1 aromatic carbocycles. The number of anilines is 1. The van der Waals surface area contributed by atoms with Gasteiger partial charge in [-0.3, -0.25) is 9.78 Å². The van der Waals surface area contributed by atoms with Crippen LogP contribution in [-0.4, -0.2) is 10.9 Å². The lowest BCUT2D eigenvalue weighted by atomic mass is 10.1. The molecule has 3 N–H and O–H groups in total. The molecule has 4 nitrogen and oxygen atoms in total. The molecule has 0 saturated heterocycles. The van der Waals surface area contributed by atoms with Gasteiger partial charge in [-0.25, -0.2) is 0 Å². The van der Waals surface area contributed by atoms with Crippen molar-refractivity contribution in [3.05, 3.63) is 65.5 Å². The first-order valence-corrected chi connectivity index (χ1v) is 6.36. The van der Waals surface area contributed by atoms with Crippen LogP contribution >= 0.6 is 0 Å². The van der Waals surface area contributed by atoms with E-state index in [-0.39, 0.29) is 5.91 Å². The predicted molar refractivity (Wildman–Crippen MR) is 80.7 cm³/mol. The van der Waals surface area contributed by atoms with Gasteiger partial charge in [0.1, 0.15) is 0 Å². The summed E-state index contributed by atoms with van der Waals surface area (Å²) in [6.07, 6.45) is 6.65. The zero-order valence-corrected chi connectivity index (χ0v) is 11.3. The molecule has 1 amide bonds. The number of nitrogens with one attached hydrogen (secondary N) is 1. The number of hydrogen-bond acceptors (Lipinski definition) is 3. The highest BCUT2D eigenvalue weighted by Gasteiger charge is 1.97. The Morgan fingerprint density at radius 2 is 2.05 bits per heavy atom. The average Bonchev–Trinajstić information content (AvgIpc) is 2.47. The summed E-state index contributed by atoms with van der Waals surface area (Å²) in [5.41, 5.74) is 9.50. The predicted octanol–water partition coefficient (Wildman–Crippen LogP) is 2.30. The zero-order valence-electron chi connectivity index (χ0n) is 11.3. The lowest BCUT2D eigenvalue weighted by molar-refractivity contribution is -0.116. The van der Waals surface area contributed by atoms with Gasteiger partial charge < -0.3 is 11.1 Å². The molecule has 2 aromatic rings. The van der Waals surface area contributed by atoms with Gasteiger partial charge in [0, 0.05) is 30.7 Å². The van der Waals surface area contributed by atoms with Crippen LogP contribution in [0.5, 0.6) is 0 Å². The third kappa shape index (κ3) is 3.95. The second kappa shape index (κ2) is 6.52. The van der Waals surface area contributed by atoms with Crippen molar-refractivity contribution in [3.63, 3.8) is 0 Å². The standard InChI is InChI=1S/C16H17N3O/c1-12-2-3-13(10-15(12)17)4-5-16(20)19-11-14-6-8-18-9-7-14/h2-10H,11,17H2,1H3,(H,19,20)/b5-4+. The van der Waals surface area contributed by atoms with E-state index in [9.17, 15) is 4.79 Å². The molecule has 0 radical (unpaired) electrons. The number of nitrogens with two attached hydrogens (primary N) is 1. The quantitative estimate of drug-likeness (QED) is 0.659. The van der Waals surface area contributed by atoms with Gasteiger partial charge in [-0.1, -0.05) is 12.1 Å². The smallest absolute Gasteiger partial charge is 0.244 e. The van der Waals surface area contributed by atoms with Crippen molar-refractivity contribution in [2.45, 2.75) is 13.5 Å². The van der Waals surface area contributed by atoms with Crippen LogP contribution < -0.4 is 11.1 Å². The van der Waals surface area contributed by atoms with Crippen molar-refractivity contribution in [2.24, 2.45) is 0 Å². The number of pyridine rings is 1. The molecule has 102 valence electrons. The van der Waals surface area contributed by atoms with Crippen molar-refractivity contribution in [2.75, 3.05) is 5.73 Å². The van der Waals surface area contributed by atoms with Gasteiger partial charge in [0.05, 0.1) is 0 Å². The number of aromatic nitrogens is 1. The summed E-state index contributed by atoms with van der Waals surface area (Å²) in [5.74, 6) is -0.138. The van der Waals surface area contributed by atoms with Gasteiger partial charge in [0.15, 0.2) is 0 Å². The van der Waals surface area contributed by atoms with Crippen LogP contribution in [-0.2, 0) is 11.3 Å². The fourth-order valence-electron chi connectivity index (χ4n) is 1.68. The van der Waals surface area contributed by atoms with Crippen LogP contribution in [0.3, 0.4) is 0 Å². The molecule has 0 aliphatic heterocycles. The maximum absolute atomic E-state index is 11.7. The maximum Gasteiger partial charge on any atom is 0.244 e. The van der Waals surface area contributed by atoms with Gasteiger partial charge in [0.25, 0.3) is 0 Å². The average molecular weight is 267 g/mol. The number of carbonyl (C=O) groups excluding carboxylic acids is 1. The molecule has 0 aliphatic rings. The molecule has 0 spiro atoms. The summed E-state index contributed by atoms with van der Waals surface area (Å²) >= 11 is 0. The number of hydrogen-bond donors (Lipinski definition) is 2. The normalized spacial score (nSPS) is 10.7. The second-order valence-electron chi connectivity index (χ2n) is 4.52. The van der Waals surface area contributed by atoms with Crippen molar-refractivity contribution in [1.29, 1.82) is 0 Å². The lowest BCUT2D eigenvalue weighted by Gasteiger charge is -2.02. The number of carbonyl (C=O) groups is 1. The largest absolute Gasteiger partial charge is 0.398 e. The van der Waals surface area contributed by atoms with E-state index in [0.29, 0.717) is 6.54 Å². The Morgan fingerprint density at radius 3 is 2.75 bits per heavy atom. The van der Waals surface area contributed by atoms with E-state index in [2.05, 4.69) is 10.3 Å². The molecule has 1 aromatic heterocycles. The summed E-state index contributed by atoms with van der Waals surface area (Å²) in [6.45, 7) is 2.44. The van der Waals surface area contributed by atoms with Crippen LogP contribution in [0.4, 0.5) is 5.69 Å². The van der Waals surface area contributed by atoms with Crippen LogP contribution in [0.1, 0.15) is 16.7 Å². The summed E-state index contributed by atoms with van der Waals surface area (Å²) in [5, 5.41) is 2.81. The molecule has 0 fully saturated rings. The molecule has 0 atom stereocenters. The van der Waals surface area contributed by atoms with Crippen molar-refractivity contribution in [3.8, 4) is 0 Å². The zero-order chi connectivity index (χ0) is 14.4. The minimum atomic E-state index is -0.138. The molecular weight excluding hydrogens is 250 g/mol. The van der Waals surface area contributed by atoms with E-state index < -0.39 is 0 Å². The van der Waals surface area contributed by atoms with Gasteiger partial charge in [-0.2, -0.15) is 0 Å². The second-order valence-corrected chi connectivity index (χ2v) is 4.52. The van der Waals surface area contributed by atoms with E-state index in [4.69, 9.17) is 5.73 Å². The molecule has 20 heavy (non-hydrogen) atoms. The van der Waals surface area contributed by atoms with Gasteiger partial charge in [-0.05, 0) is 47.9 Å². The minimum Gasteiger partial charge on any atom is -0.398 e. The Balaban J connectivity index is 1.90. The number of aryl methyl sites for hydroxylation is 1. The monoisotopic (exact) mass is 267 g/mol. The Kier molecular flexibility index (Phi) is 4.50. The molecule has 2 rings (SSSR count). The van der Waals surface area contributed by atoms with E-state index in [1.165, 1.54) is 6.08 Å². The van der Waals surface area contributed by atoms with E-state index in [1.807, 2.05) is 37.3 Å². The maximum atomic E-state index is 11.7. The van der Waals surface area contributed by atoms with Gasteiger partial charge >= 0.3 is 0 Å². The number of nitrogen functional groups attached to an aromatic ring is 1. The van der Waals surface area contributed by atoms with Crippen LogP contribution in [0, 0.1) is 6.92 Å². The highest BCUT2D eigenvalue weighted by Crippen LogP contribution is 2.13. The Labute approximate surface area is 118 Å². The Morgan fingerprint density at radius 1 is 1.30 bits per heavy atom. The SMILES string of the molecule is Cc1ccc(/C=C/C(=O)NCc2ccncc2)cc1N. The molecule has 4 heteroatoms. The molecule has 1 heterocycles. The van der Waals surface area contributed by atoms with Gasteiger partial charge in [-0.15, -0.1) is 0 Å². The first-order valence-electron chi connectivity index (χ1n) is 6.36. The summed E-state index contributed by atoms with van der Waals surface area (Å²) < 4.78 is 0. The Bertz CT molecular complexity index is 621. The summed E-state index contributed by atoms with van der Waals surface area (Å²) in [7, 11) is 0. The van der Waals surface area contributed by atoms with Crippen molar-refractivity contribution >= 4 is 17.7 Å². The fraction of sp³-hybridized carbons (Fsp3) is 0.125. The third-order valence-electron chi connectivity index (χ3n) is 2.95. The lowest BCUT2D eigenvalue weighted by Crippen LogP contribution is -2.20. The highest BCUT2D eigenvalue weighted by molar-refractivity contribution is 5.91. The van der Waals surface area contributed by atoms with E-state index >= 15 is 0 Å². The molecule has 0 unspecified atom stereocenters. The van der Waals surface area contributed by atoms with Crippen LogP contribution in [0.25, 0.3) is 6.08 Å². The third-order valence-corrected chi connectivity index (χ3v) is 2.95. The van der Waals surface area contributed by atoms with Crippen LogP contribution in [0.2, 0.25) is 0 Å². The minimum absolute atomic E-state index is 0.138. The molecule has 0 bridgehead atoms. The molecule has 0 saturated carbocycles. The topological polar surface area (TPSA) is 68.0 Å². The molecular formula is C16H17N3O. The number of nitrogens with zero attached hydrogens (tertiary/aromatic N) is 1. The van der Waals surface area contributed by atoms with Crippen LogP contribution in [0.15, 0.2) is 48.8 Å². The van der Waals surface area contributed by atoms with E-state index in [1.54, 1.807) is 18.5 Å². The van der Waals surface area contributed by atoms with Gasteiger partial charge in [0.2, 0.25) is 5.91 Å². The van der Waals surface area contributed by atoms with E-state index in [0.717, 1.165) is 22.4 Å². The Hall–Kier alpha value is -2.62. The molecule has 0 aliphatic carbocycles. The number of amides is 1. The number of rotatable bonds is 4. The fourth-order valence-corrected chi connectivity index (χ4v) is 1.68. The summed E-state index contributed by atoms with van der Waals surface area (Å²) in [6, 6.07) is 9.44. The first kappa shape index (κ1) is 13.8. The van der Waals surface area contributed by atoms with Crippen molar-refractivity contribution in [1.82, 2.24) is 10.3 Å². The summed E-state index contributed by atoms with van der Waals surface area (Å²) in [4.78, 5) is 15.6. The number of benzene rings is 1.